The van der Waals surface area contributed by atoms with E-state index in [-0.39, 0.29) is 0 Å². The summed E-state index contributed by atoms with van der Waals surface area (Å²) < 4.78 is 0. The standard InChI is InChI=1S/C15H28N2/c1-2-8-17(15-10-16-11-15)14-5-3-4-13(9-14)12-6-7-12/h12-16H,2-11H2,1H3. The van der Waals surface area contributed by atoms with E-state index >= 15 is 0 Å². The van der Waals surface area contributed by atoms with Crippen LogP contribution in [0.3, 0.4) is 0 Å². The molecule has 1 N–H and O–H groups in total. The minimum Gasteiger partial charge on any atom is -0.314 e. The number of hydrogen-bond donors (Lipinski definition) is 1. The van der Waals surface area contributed by atoms with Crippen molar-refractivity contribution in [1.29, 1.82) is 0 Å². The van der Waals surface area contributed by atoms with E-state index in [2.05, 4.69) is 17.1 Å². The molecule has 3 fully saturated rings. The van der Waals surface area contributed by atoms with E-state index < -0.39 is 0 Å². The van der Waals surface area contributed by atoms with E-state index in [1.807, 2.05) is 0 Å². The number of rotatable bonds is 5. The van der Waals surface area contributed by atoms with Crippen LogP contribution in [0.4, 0.5) is 0 Å². The number of hydrogen-bond acceptors (Lipinski definition) is 2. The normalized spacial score (nSPS) is 34.9. The molecule has 2 saturated carbocycles. The molecule has 1 aliphatic heterocycles. The fourth-order valence-electron chi connectivity index (χ4n) is 3.93. The second kappa shape index (κ2) is 5.27. The van der Waals surface area contributed by atoms with E-state index in [1.54, 1.807) is 0 Å². The molecular formula is C15H28N2. The Morgan fingerprint density at radius 2 is 1.82 bits per heavy atom. The van der Waals surface area contributed by atoms with E-state index in [0.717, 1.165) is 23.9 Å². The molecule has 3 rings (SSSR count). The molecule has 0 amide bonds. The maximum atomic E-state index is 3.44. The molecular weight excluding hydrogens is 208 g/mol. The van der Waals surface area contributed by atoms with Crippen LogP contribution in [0, 0.1) is 11.8 Å². The zero-order valence-electron chi connectivity index (χ0n) is 11.3. The third-order valence-corrected chi connectivity index (χ3v) is 5.16. The maximum Gasteiger partial charge on any atom is 0.0348 e. The van der Waals surface area contributed by atoms with Crippen LogP contribution in [0.15, 0.2) is 0 Å². The van der Waals surface area contributed by atoms with Gasteiger partial charge in [0, 0.05) is 25.2 Å². The van der Waals surface area contributed by atoms with Gasteiger partial charge in [-0.3, -0.25) is 4.90 Å². The minimum atomic E-state index is 0.859. The average Bonchev–Trinajstić information content (AvgIpc) is 3.10. The van der Waals surface area contributed by atoms with Gasteiger partial charge >= 0.3 is 0 Å². The number of nitrogens with zero attached hydrogens (tertiary/aromatic N) is 1. The smallest absolute Gasteiger partial charge is 0.0348 e. The van der Waals surface area contributed by atoms with Gasteiger partial charge in [-0.2, -0.15) is 0 Å². The first-order chi connectivity index (χ1) is 8.38. The quantitative estimate of drug-likeness (QED) is 0.789. The van der Waals surface area contributed by atoms with Gasteiger partial charge in [0.15, 0.2) is 0 Å². The molecule has 0 radical (unpaired) electrons. The molecule has 1 saturated heterocycles. The van der Waals surface area contributed by atoms with Gasteiger partial charge in [-0.1, -0.05) is 19.8 Å². The molecule has 2 nitrogen and oxygen atoms in total. The molecule has 0 bridgehead atoms. The number of nitrogens with one attached hydrogen (secondary N) is 1. The molecule has 2 atom stereocenters. The predicted molar refractivity (Wildman–Crippen MR) is 72.1 cm³/mol. The van der Waals surface area contributed by atoms with Crippen LogP contribution < -0.4 is 5.32 Å². The fourth-order valence-corrected chi connectivity index (χ4v) is 3.93. The van der Waals surface area contributed by atoms with Crippen LogP contribution in [0.2, 0.25) is 0 Å². The summed E-state index contributed by atoms with van der Waals surface area (Å²) in [5, 5.41) is 3.44. The summed E-state index contributed by atoms with van der Waals surface area (Å²) in [5.74, 6) is 2.21. The fraction of sp³-hybridized carbons (Fsp3) is 1.00. The molecule has 1 heterocycles. The predicted octanol–water partition coefficient (Wildman–Crippen LogP) is 2.64. The summed E-state index contributed by atoms with van der Waals surface area (Å²) in [7, 11) is 0. The molecule has 3 aliphatic rings. The van der Waals surface area contributed by atoms with Crippen molar-refractivity contribution < 1.29 is 0 Å². The van der Waals surface area contributed by atoms with Crippen molar-refractivity contribution in [2.24, 2.45) is 11.8 Å². The highest BCUT2D eigenvalue weighted by atomic mass is 15.3. The van der Waals surface area contributed by atoms with Crippen LogP contribution in [0.5, 0.6) is 0 Å². The van der Waals surface area contributed by atoms with Crippen LogP contribution in [0.25, 0.3) is 0 Å². The lowest BCUT2D eigenvalue weighted by Crippen LogP contribution is -2.60. The van der Waals surface area contributed by atoms with Gasteiger partial charge in [-0.25, -0.2) is 0 Å². The first-order valence-corrected chi connectivity index (χ1v) is 7.85. The molecule has 98 valence electrons. The van der Waals surface area contributed by atoms with Gasteiger partial charge < -0.3 is 5.32 Å². The first kappa shape index (κ1) is 12.0. The van der Waals surface area contributed by atoms with Crippen molar-refractivity contribution in [3.63, 3.8) is 0 Å². The Labute approximate surface area is 106 Å². The van der Waals surface area contributed by atoms with Crippen molar-refractivity contribution in [2.75, 3.05) is 19.6 Å². The van der Waals surface area contributed by atoms with Crippen molar-refractivity contribution in [3.8, 4) is 0 Å². The Morgan fingerprint density at radius 1 is 1.00 bits per heavy atom. The van der Waals surface area contributed by atoms with Crippen LogP contribution in [-0.2, 0) is 0 Å². The molecule has 2 unspecified atom stereocenters. The molecule has 2 aliphatic carbocycles. The molecule has 0 aromatic heterocycles. The van der Waals surface area contributed by atoms with Gasteiger partial charge in [0.05, 0.1) is 0 Å². The Bertz CT molecular complexity index is 245. The first-order valence-electron chi connectivity index (χ1n) is 7.85. The third kappa shape index (κ3) is 2.68. The van der Waals surface area contributed by atoms with Crippen molar-refractivity contribution in [2.45, 2.75) is 64.0 Å². The molecule has 2 heteroatoms. The SMILES string of the molecule is CCCN(C1CNC1)C1CCCC(C2CC2)C1. The zero-order chi connectivity index (χ0) is 11.7. The van der Waals surface area contributed by atoms with Gasteiger partial charge in [0.25, 0.3) is 0 Å². The minimum absolute atomic E-state index is 0.859. The largest absolute Gasteiger partial charge is 0.314 e. The summed E-state index contributed by atoms with van der Waals surface area (Å²) in [6, 6.07) is 1.78. The molecule has 17 heavy (non-hydrogen) atoms. The van der Waals surface area contributed by atoms with E-state index in [4.69, 9.17) is 0 Å². The summed E-state index contributed by atoms with van der Waals surface area (Å²) in [6.45, 7) is 6.14. The van der Waals surface area contributed by atoms with Gasteiger partial charge in [0.1, 0.15) is 0 Å². The summed E-state index contributed by atoms with van der Waals surface area (Å²) >= 11 is 0. The van der Waals surface area contributed by atoms with Crippen molar-refractivity contribution in [3.05, 3.63) is 0 Å². The molecule has 0 aromatic carbocycles. The topological polar surface area (TPSA) is 15.3 Å². The van der Waals surface area contributed by atoms with Crippen molar-refractivity contribution in [1.82, 2.24) is 10.2 Å². The third-order valence-electron chi connectivity index (χ3n) is 5.16. The lowest BCUT2D eigenvalue weighted by molar-refractivity contribution is 0.0559. The van der Waals surface area contributed by atoms with E-state index in [1.165, 1.54) is 64.6 Å². The monoisotopic (exact) mass is 236 g/mol. The van der Waals surface area contributed by atoms with E-state index in [0.29, 0.717) is 0 Å². The summed E-state index contributed by atoms with van der Waals surface area (Å²) in [6.07, 6.45) is 10.4. The Kier molecular flexibility index (Phi) is 3.72. The molecule has 0 spiro atoms. The van der Waals surface area contributed by atoms with Crippen LogP contribution in [0.1, 0.15) is 51.9 Å². The highest BCUT2D eigenvalue weighted by molar-refractivity contribution is 4.93. The Morgan fingerprint density at radius 3 is 2.41 bits per heavy atom. The van der Waals surface area contributed by atoms with Gasteiger partial charge in [-0.05, 0) is 50.5 Å². The lowest BCUT2D eigenvalue weighted by Gasteiger charge is -2.45. The average molecular weight is 236 g/mol. The van der Waals surface area contributed by atoms with Crippen LogP contribution >= 0.6 is 0 Å². The second-order valence-electron chi connectivity index (χ2n) is 6.47. The maximum absolute atomic E-state index is 3.44. The summed E-state index contributed by atoms with van der Waals surface area (Å²) in [4.78, 5) is 2.85. The second-order valence-corrected chi connectivity index (χ2v) is 6.47. The van der Waals surface area contributed by atoms with Gasteiger partial charge in [-0.15, -0.1) is 0 Å². The highest BCUT2D eigenvalue weighted by Crippen LogP contribution is 2.45. The van der Waals surface area contributed by atoms with Gasteiger partial charge in [0.2, 0.25) is 0 Å². The molecule has 0 aromatic rings. The lowest BCUT2D eigenvalue weighted by atomic mass is 9.81. The summed E-state index contributed by atoms with van der Waals surface area (Å²) in [5.41, 5.74) is 0. The van der Waals surface area contributed by atoms with E-state index in [9.17, 15) is 0 Å². The van der Waals surface area contributed by atoms with Crippen LogP contribution in [-0.4, -0.2) is 36.6 Å². The zero-order valence-corrected chi connectivity index (χ0v) is 11.3. The Hall–Kier alpha value is -0.0800. The Balaban J connectivity index is 1.58. The van der Waals surface area contributed by atoms with Crippen molar-refractivity contribution >= 4 is 0 Å². The highest BCUT2D eigenvalue weighted by Gasteiger charge is 2.38.